The molecule has 10 nitrogen and oxygen atoms in total. The molecule has 1 saturated heterocycles. The van der Waals surface area contributed by atoms with E-state index in [9.17, 15) is 9.59 Å². The van der Waals surface area contributed by atoms with Crippen LogP contribution in [0.4, 0.5) is 0 Å². The number of aromatic nitrogens is 4. The van der Waals surface area contributed by atoms with Gasteiger partial charge < -0.3 is 15.2 Å². The first kappa shape index (κ1) is 28.8. The van der Waals surface area contributed by atoms with Crippen molar-refractivity contribution in [3.05, 3.63) is 93.3 Å². The van der Waals surface area contributed by atoms with Crippen LogP contribution in [0.25, 0.3) is 21.8 Å². The Labute approximate surface area is 251 Å². The Morgan fingerprint density at radius 3 is 2.67 bits per heavy atom. The van der Waals surface area contributed by atoms with Gasteiger partial charge in [0.1, 0.15) is 11.3 Å². The van der Waals surface area contributed by atoms with Crippen LogP contribution >= 0.6 is 0 Å². The third-order valence-electron chi connectivity index (χ3n) is 8.85. The van der Waals surface area contributed by atoms with Crippen molar-refractivity contribution >= 4 is 27.7 Å². The molecule has 4 aromatic rings. The molecule has 0 aliphatic carbocycles. The van der Waals surface area contributed by atoms with E-state index < -0.39 is 0 Å². The summed E-state index contributed by atoms with van der Waals surface area (Å²) in [6.07, 6.45) is 12.5. The molecule has 3 aromatic heterocycles. The molecule has 1 aromatic carbocycles. The van der Waals surface area contributed by atoms with Crippen LogP contribution in [0.1, 0.15) is 59.0 Å². The van der Waals surface area contributed by atoms with E-state index in [-0.39, 0.29) is 23.6 Å². The number of aryl methyl sites for hydroxylation is 2. The van der Waals surface area contributed by atoms with Gasteiger partial charge in [-0.1, -0.05) is 29.8 Å². The van der Waals surface area contributed by atoms with E-state index in [0.29, 0.717) is 18.7 Å². The topological polar surface area (TPSA) is 100 Å². The first-order chi connectivity index (χ1) is 20.8. The lowest BCUT2D eigenvalue weighted by atomic mass is 9.98. The predicted octanol–water partition coefficient (Wildman–Crippen LogP) is 3.78. The van der Waals surface area contributed by atoms with Crippen LogP contribution in [-0.4, -0.2) is 68.9 Å². The van der Waals surface area contributed by atoms with Crippen molar-refractivity contribution in [2.75, 3.05) is 33.7 Å². The van der Waals surface area contributed by atoms with Gasteiger partial charge in [0.15, 0.2) is 0 Å². The van der Waals surface area contributed by atoms with Gasteiger partial charge in [0.25, 0.3) is 11.5 Å². The fourth-order valence-corrected chi connectivity index (χ4v) is 6.62. The molecule has 1 atom stereocenters. The quantitative estimate of drug-likeness (QED) is 0.343. The lowest BCUT2D eigenvalue weighted by molar-refractivity contribution is 0.0954. The summed E-state index contributed by atoms with van der Waals surface area (Å²) in [4.78, 5) is 33.1. The number of carbonyl (C=O) groups is 1. The number of fused-ring (bicyclic) bond motifs is 3. The largest absolute Gasteiger partial charge is 0.354 e. The normalized spacial score (nSPS) is 18.0. The molecule has 1 unspecified atom stereocenters. The van der Waals surface area contributed by atoms with Crippen LogP contribution in [-0.2, 0) is 13.5 Å². The van der Waals surface area contributed by atoms with Crippen molar-refractivity contribution in [1.29, 1.82) is 0 Å². The number of hydrogen-bond acceptors (Lipinski definition) is 7. The van der Waals surface area contributed by atoms with Crippen molar-refractivity contribution in [2.24, 2.45) is 7.05 Å². The number of benzene rings is 1. The average Bonchev–Trinajstić information content (AvgIpc) is 3.45. The first-order valence-electron chi connectivity index (χ1n) is 15.0. The fourth-order valence-electron chi connectivity index (χ4n) is 6.62. The second-order valence-corrected chi connectivity index (χ2v) is 11.8. The predicted molar refractivity (Wildman–Crippen MR) is 170 cm³/mol. The van der Waals surface area contributed by atoms with E-state index in [4.69, 9.17) is 5.10 Å². The highest BCUT2D eigenvalue weighted by Gasteiger charge is 2.27. The number of pyridine rings is 2. The number of carbonyl (C=O) groups excluding carboxylic acids is 1. The molecule has 1 amide bonds. The van der Waals surface area contributed by atoms with Gasteiger partial charge in [0.2, 0.25) is 0 Å². The van der Waals surface area contributed by atoms with Gasteiger partial charge in [-0.2, -0.15) is 5.10 Å². The van der Waals surface area contributed by atoms with Crippen molar-refractivity contribution in [3.8, 4) is 0 Å². The molecule has 0 saturated carbocycles. The molecule has 0 bridgehead atoms. The molecular formula is C33H40N8O2. The number of rotatable bonds is 7. The maximum atomic E-state index is 13.7. The summed E-state index contributed by atoms with van der Waals surface area (Å²) in [7, 11) is 5.64. The standard InChI is InChI=1S/C33H40N8O2/c1-21-18-23(11-15-36-40-22(2)8-6-10-28(40)25-9-7-14-35-30(25)31(42)34-3)29-26(19-21)33(43)39(5)32-27(29)20-37-41(32)24-12-16-38(4)17-13-24/h6-10,14,18-20,24,28,36H,11-13,15-17H2,1-5H3,(H,34,42). The number of likely N-dealkylation sites (tertiary alicyclic amines) is 1. The maximum absolute atomic E-state index is 13.7. The lowest BCUT2D eigenvalue weighted by Gasteiger charge is -2.35. The van der Waals surface area contributed by atoms with Gasteiger partial charge in [-0.25, -0.2) is 10.1 Å². The summed E-state index contributed by atoms with van der Waals surface area (Å²) < 4.78 is 3.86. The Hall–Kier alpha value is -4.28. The summed E-state index contributed by atoms with van der Waals surface area (Å²) in [5.74, 6) is -0.214. The number of nitrogens with one attached hydrogen (secondary N) is 2. The number of hydrazine groups is 1. The molecule has 43 heavy (non-hydrogen) atoms. The molecule has 5 heterocycles. The number of allylic oxidation sites excluding steroid dienone is 3. The molecule has 224 valence electrons. The molecule has 2 aliphatic heterocycles. The minimum atomic E-state index is -0.214. The van der Waals surface area contributed by atoms with Gasteiger partial charge in [-0.3, -0.25) is 19.1 Å². The summed E-state index contributed by atoms with van der Waals surface area (Å²) in [6, 6.07) is 8.07. The summed E-state index contributed by atoms with van der Waals surface area (Å²) in [5, 5.41) is 12.4. The zero-order valence-electron chi connectivity index (χ0n) is 25.6. The van der Waals surface area contributed by atoms with E-state index in [2.05, 4.69) is 49.5 Å². The van der Waals surface area contributed by atoms with Crippen molar-refractivity contribution in [2.45, 2.75) is 45.2 Å². The summed E-state index contributed by atoms with van der Waals surface area (Å²) in [6.45, 7) is 6.76. The van der Waals surface area contributed by atoms with Crippen LogP contribution in [0.3, 0.4) is 0 Å². The van der Waals surface area contributed by atoms with Gasteiger partial charge in [0.05, 0.1) is 18.3 Å². The molecule has 1 fully saturated rings. The highest BCUT2D eigenvalue weighted by Crippen LogP contribution is 2.32. The number of hydrogen-bond donors (Lipinski definition) is 2. The molecule has 2 aliphatic rings. The summed E-state index contributed by atoms with van der Waals surface area (Å²) >= 11 is 0. The van der Waals surface area contributed by atoms with E-state index >= 15 is 0 Å². The van der Waals surface area contributed by atoms with Gasteiger partial charge >= 0.3 is 0 Å². The highest BCUT2D eigenvalue weighted by molar-refractivity contribution is 6.06. The van der Waals surface area contributed by atoms with Crippen LogP contribution in [0.2, 0.25) is 0 Å². The molecule has 0 spiro atoms. The minimum absolute atomic E-state index is 0.00778. The Kier molecular flexibility index (Phi) is 7.89. The van der Waals surface area contributed by atoms with Crippen LogP contribution in [0.5, 0.6) is 0 Å². The number of piperidine rings is 1. The molecule has 0 radical (unpaired) electrons. The SMILES string of the molecule is CNC(=O)c1ncccc1C1C=CC=C(C)N1NCCc1cc(C)cc2c(=O)n(C)c3c(cnn3C3CCN(C)CC3)c12. The number of nitrogens with zero attached hydrogens (tertiary/aromatic N) is 6. The van der Waals surface area contributed by atoms with E-state index in [1.54, 1.807) is 17.8 Å². The zero-order chi connectivity index (χ0) is 30.2. The monoisotopic (exact) mass is 580 g/mol. The maximum Gasteiger partial charge on any atom is 0.269 e. The van der Waals surface area contributed by atoms with E-state index in [1.165, 1.54) is 0 Å². The fraction of sp³-hybridized carbons (Fsp3) is 0.394. The molecule has 6 rings (SSSR count). The Morgan fingerprint density at radius 2 is 1.91 bits per heavy atom. The Morgan fingerprint density at radius 1 is 1.12 bits per heavy atom. The van der Waals surface area contributed by atoms with Crippen molar-refractivity contribution in [1.82, 2.24) is 40.0 Å². The zero-order valence-corrected chi connectivity index (χ0v) is 25.6. The van der Waals surface area contributed by atoms with Crippen LogP contribution < -0.4 is 16.3 Å². The molecule has 10 heteroatoms. The number of amides is 1. The van der Waals surface area contributed by atoms with Crippen molar-refractivity contribution < 1.29 is 4.79 Å². The van der Waals surface area contributed by atoms with E-state index in [0.717, 1.165) is 70.1 Å². The van der Waals surface area contributed by atoms with E-state index in [1.807, 2.05) is 57.4 Å². The van der Waals surface area contributed by atoms with Crippen molar-refractivity contribution in [3.63, 3.8) is 0 Å². The first-order valence-corrected chi connectivity index (χ1v) is 15.0. The van der Waals surface area contributed by atoms with Crippen LogP contribution in [0, 0.1) is 6.92 Å². The highest BCUT2D eigenvalue weighted by atomic mass is 16.1. The molecular weight excluding hydrogens is 540 g/mol. The second-order valence-electron chi connectivity index (χ2n) is 11.8. The average molecular weight is 581 g/mol. The van der Waals surface area contributed by atoms with Crippen LogP contribution in [0.15, 0.2) is 65.4 Å². The minimum Gasteiger partial charge on any atom is -0.354 e. The summed E-state index contributed by atoms with van der Waals surface area (Å²) in [5.41, 5.74) is 8.96. The molecule has 2 N–H and O–H groups in total. The van der Waals surface area contributed by atoms with Gasteiger partial charge in [-0.05, 0) is 77.0 Å². The van der Waals surface area contributed by atoms with Gasteiger partial charge in [-0.15, -0.1) is 0 Å². The smallest absolute Gasteiger partial charge is 0.269 e. The third-order valence-corrected chi connectivity index (χ3v) is 8.85. The Bertz CT molecular complexity index is 1810. The lowest BCUT2D eigenvalue weighted by Crippen LogP contribution is -2.41. The second kappa shape index (κ2) is 11.8. The van der Waals surface area contributed by atoms with Gasteiger partial charge in [0, 0.05) is 54.3 Å². The third kappa shape index (κ3) is 5.25. The Balaban J connectivity index is 1.33.